The van der Waals surface area contributed by atoms with E-state index < -0.39 is 0 Å². The first kappa shape index (κ1) is 13.3. The van der Waals surface area contributed by atoms with Gasteiger partial charge in [-0.15, -0.1) is 0 Å². The number of carbonyl (C=O) groups excluding carboxylic acids is 1. The fourth-order valence-electron chi connectivity index (χ4n) is 1.51. The molecule has 0 spiro atoms. The van der Waals surface area contributed by atoms with Gasteiger partial charge >= 0.3 is 5.97 Å². The largest absolute Gasteiger partial charge is 0.481 e. The van der Waals surface area contributed by atoms with Gasteiger partial charge in [0.05, 0.1) is 20.6 Å². The van der Waals surface area contributed by atoms with E-state index in [1.807, 2.05) is 19.1 Å². The van der Waals surface area contributed by atoms with E-state index in [0.717, 1.165) is 12.2 Å². The van der Waals surface area contributed by atoms with Crippen molar-refractivity contribution >= 4 is 11.7 Å². The summed E-state index contributed by atoms with van der Waals surface area (Å²) < 4.78 is 9.69. The number of hydrogen-bond acceptors (Lipinski definition) is 5. The Labute approximate surface area is 101 Å². The molecule has 0 aromatic carbocycles. The van der Waals surface area contributed by atoms with Crippen LogP contribution in [0.4, 0.5) is 5.69 Å². The Kier molecular flexibility index (Phi) is 5.26. The third kappa shape index (κ3) is 3.94. The Bertz CT molecular complexity index is 369. The smallest absolute Gasteiger partial charge is 0.307 e. The van der Waals surface area contributed by atoms with E-state index >= 15 is 0 Å². The topological polar surface area (TPSA) is 51.7 Å². The molecule has 0 aliphatic carbocycles. The molecule has 5 nitrogen and oxygen atoms in total. The molecule has 5 heteroatoms. The summed E-state index contributed by atoms with van der Waals surface area (Å²) in [5.74, 6) is 0.364. The second kappa shape index (κ2) is 6.73. The average Bonchev–Trinajstić information content (AvgIpc) is 2.39. The van der Waals surface area contributed by atoms with Crippen LogP contribution >= 0.6 is 0 Å². The molecule has 1 aromatic rings. The Morgan fingerprint density at radius 2 is 2.24 bits per heavy atom. The van der Waals surface area contributed by atoms with Gasteiger partial charge in [-0.1, -0.05) is 0 Å². The lowest BCUT2D eigenvalue weighted by Gasteiger charge is -2.22. The van der Waals surface area contributed by atoms with Gasteiger partial charge < -0.3 is 14.4 Å². The normalized spacial score (nSPS) is 9.82. The van der Waals surface area contributed by atoms with Gasteiger partial charge in [0.2, 0.25) is 5.88 Å². The highest BCUT2D eigenvalue weighted by atomic mass is 16.5. The minimum Gasteiger partial charge on any atom is -0.481 e. The number of nitrogens with zero attached hydrogens (tertiary/aromatic N) is 2. The Morgan fingerprint density at radius 3 is 2.82 bits per heavy atom. The van der Waals surface area contributed by atoms with Crippen molar-refractivity contribution in [3.8, 4) is 5.88 Å². The van der Waals surface area contributed by atoms with Crippen LogP contribution in [0.25, 0.3) is 0 Å². The van der Waals surface area contributed by atoms with Crippen molar-refractivity contribution in [2.45, 2.75) is 13.3 Å². The molecule has 1 aromatic heterocycles. The van der Waals surface area contributed by atoms with Gasteiger partial charge in [0.25, 0.3) is 0 Å². The standard InChI is InChI=1S/C12H18N2O3/c1-4-14(8-6-12(15)17-3)10-5-7-13-11(9-10)16-2/h5,7,9H,4,6,8H2,1-3H3. The van der Waals surface area contributed by atoms with Gasteiger partial charge in [-0.3, -0.25) is 4.79 Å². The lowest BCUT2D eigenvalue weighted by Crippen LogP contribution is -2.26. The van der Waals surface area contributed by atoms with Crippen LogP contribution in [0.2, 0.25) is 0 Å². The van der Waals surface area contributed by atoms with Crippen molar-refractivity contribution in [3.05, 3.63) is 18.3 Å². The van der Waals surface area contributed by atoms with Crippen LogP contribution in [0.15, 0.2) is 18.3 Å². The monoisotopic (exact) mass is 238 g/mol. The number of aromatic nitrogens is 1. The van der Waals surface area contributed by atoms with Gasteiger partial charge in [-0.2, -0.15) is 0 Å². The molecule has 94 valence electrons. The number of rotatable bonds is 6. The first-order chi connectivity index (χ1) is 8.21. The van der Waals surface area contributed by atoms with Crippen LogP contribution < -0.4 is 9.64 Å². The van der Waals surface area contributed by atoms with E-state index in [0.29, 0.717) is 18.8 Å². The molecular formula is C12H18N2O3. The summed E-state index contributed by atoms with van der Waals surface area (Å²) in [6.45, 7) is 3.46. The predicted octanol–water partition coefficient (Wildman–Crippen LogP) is 1.48. The maximum absolute atomic E-state index is 11.1. The van der Waals surface area contributed by atoms with Crippen molar-refractivity contribution in [1.29, 1.82) is 0 Å². The lowest BCUT2D eigenvalue weighted by atomic mass is 10.3. The van der Waals surface area contributed by atoms with Crippen LogP contribution in [0.3, 0.4) is 0 Å². The molecule has 17 heavy (non-hydrogen) atoms. The summed E-state index contributed by atoms with van der Waals surface area (Å²) in [6.07, 6.45) is 2.06. The highest BCUT2D eigenvalue weighted by Crippen LogP contribution is 2.18. The third-order valence-corrected chi connectivity index (χ3v) is 2.49. The van der Waals surface area contributed by atoms with Crippen molar-refractivity contribution in [2.75, 3.05) is 32.2 Å². The Morgan fingerprint density at radius 1 is 1.47 bits per heavy atom. The van der Waals surface area contributed by atoms with Gasteiger partial charge in [-0.25, -0.2) is 4.98 Å². The fourth-order valence-corrected chi connectivity index (χ4v) is 1.51. The first-order valence-corrected chi connectivity index (χ1v) is 5.53. The van der Waals surface area contributed by atoms with Crippen LogP contribution in [-0.4, -0.2) is 38.3 Å². The number of anilines is 1. The third-order valence-electron chi connectivity index (χ3n) is 2.49. The summed E-state index contributed by atoms with van der Waals surface area (Å²) in [6, 6.07) is 3.74. The molecule has 0 atom stereocenters. The maximum atomic E-state index is 11.1. The zero-order valence-electron chi connectivity index (χ0n) is 10.5. The highest BCUT2D eigenvalue weighted by Gasteiger charge is 2.08. The molecule has 0 aliphatic rings. The zero-order valence-corrected chi connectivity index (χ0v) is 10.5. The average molecular weight is 238 g/mol. The van der Waals surface area contributed by atoms with Crippen molar-refractivity contribution in [2.24, 2.45) is 0 Å². The SMILES string of the molecule is CCN(CCC(=O)OC)c1ccnc(OC)c1. The summed E-state index contributed by atoms with van der Waals surface area (Å²) >= 11 is 0. The number of esters is 1. The Hall–Kier alpha value is -1.78. The quantitative estimate of drug-likeness (QED) is 0.703. The van der Waals surface area contributed by atoms with E-state index in [2.05, 4.69) is 14.6 Å². The summed E-state index contributed by atoms with van der Waals surface area (Å²) in [7, 11) is 2.98. The van der Waals surface area contributed by atoms with Gasteiger partial charge in [0.15, 0.2) is 0 Å². The summed E-state index contributed by atoms with van der Waals surface area (Å²) in [4.78, 5) is 17.2. The van der Waals surface area contributed by atoms with E-state index in [4.69, 9.17) is 4.74 Å². The molecule has 0 unspecified atom stereocenters. The number of hydrogen-bond donors (Lipinski definition) is 0. The molecule has 1 heterocycles. The first-order valence-electron chi connectivity index (χ1n) is 5.53. The maximum Gasteiger partial charge on any atom is 0.307 e. The lowest BCUT2D eigenvalue weighted by molar-refractivity contribution is -0.140. The second-order valence-electron chi connectivity index (χ2n) is 3.46. The van der Waals surface area contributed by atoms with E-state index in [1.165, 1.54) is 7.11 Å². The predicted molar refractivity (Wildman–Crippen MR) is 65.3 cm³/mol. The summed E-state index contributed by atoms with van der Waals surface area (Å²) in [5, 5.41) is 0. The molecule has 0 saturated carbocycles. The second-order valence-corrected chi connectivity index (χ2v) is 3.46. The van der Waals surface area contributed by atoms with Crippen LogP contribution in [-0.2, 0) is 9.53 Å². The molecular weight excluding hydrogens is 220 g/mol. The zero-order chi connectivity index (χ0) is 12.7. The van der Waals surface area contributed by atoms with Crippen LogP contribution in [0.5, 0.6) is 5.88 Å². The van der Waals surface area contributed by atoms with Crippen molar-refractivity contribution < 1.29 is 14.3 Å². The van der Waals surface area contributed by atoms with Gasteiger partial charge in [-0.05, 0) is 13.0 Å². The van der Waals surface area contributed by atoms with E-state index in [-0.39, 0.29) is 5.97 Å². The van der Waals surface area contributed by atoms with Gasteiger partial charge in [0.1, 0.15) is 0 Å². The number of methoxy groups -OCH3 is 2. The fraction of sp³-hybridized carbons (Fsp3) is 0.500. The molecule has 0 saturated heterocycles. The van der Waals surface area contributed by atoms with E-state index in [1.54, 1.807) is 13.3 Å². The molecule has 0 amide bonds. The molecule has 0 N–H and O–H groups in total. The van der Waals surface area contributed by atoms with E-state index in [9.17, 15) is 4.79 Å². The Balaban J connectivity index is 2.68. The molecule has 0 fully saturated rings. The minimum atomic E-state index is -0.204. The van der Waals surface area contributed by atoms with Crippen molar-refractivity contribution in [3.63, 3.8) is 0 Å². The van der Waals surface area contributed by atoms with Crippen molar-refractivity contribution in [1.82, 2.24) is 4.98 Å². The number of pyridine rings is 1. The van der Waals surface area contributed by atoms with Crippen LogP contribution in [0, 0.1) is 0 Å². The highest BCUT2D eigenvalue weighted by molar-refractivity contribution is 5.70. The van der Waals surface area contributed by atoms with Gasteiger partial charge in [0, 0.05) is 31.0 Å². The summed E-state index contributed by atoms with van der Waals surface area (Å²) in [5.41, 5.74) is 0.989. The molecule has 0 aliphatic heterocycles. The molecule has 0 radical (unpaired) electrons. The molecule has 0 bridgehead atoms. The number of ether oxygens (including phenoxy) is 2. The molecule has 1 rings (SSSR count). The number of carbonyl (C=O) groups is 1. The minimum absolute atomic E-state index is 0.204. The van der Waals surface area contributed by atoms with Crippen LogP contribution in [0.1, 0.15) is 13.3 Å².